The van der Waals surface area contributed by atoms with Crippen LogP contribution in [-0.2, 0) is 16.1 Å². The molecule has 4 amide bonds. The van der Waals surface area contributed by atoms with Gasteiger partial charge in [0.05, 0.1) is 5.69 Å². The van der Waals surface area contributed by atoms with Crippen molar-refractivity contribution in [1.82, 2.24) is 25.3 Å². The number of carbonyl (C=O) groups excluding carboxylic acids is 3. The quantitative estimate of drug-likeness (QED) is 0.737. The highest BCUT2D eigenvalue weighted by Crippen LogP contribution is 2.35. The van der Waals surface area contributed by atoms with E-state index in [1.54, 1.807) is 6.92 Å². The Morgan fingerprint density at radius 1 is 1.30 bits per heavy atom. The lowest BCUT2D eigenvalue weighted by Gasteiger charge is -2.24. The summed E-state index contributed by atoms with van der Waals surface area (Å²) in [4.78, 5) is 38.7. The molecule has 3 rings (SSSR count). The standard InChI is InChI=1S/C19H29N5O3/c1-12(11-23-14(3)9-13(2)22-23)10-20-16(25)15(4)24-17(26)19(21-18(24)27)7-5-6-8-19/h9,12,15H,5-8,10-11H2,1-4H3,(H,20,25)(H,21,27). The number of aromatic nitrogens is 2. The second-order valence-electron chi connectivity index (χ2n) is 8.03. The second-order valence-corrected chi connectivity index (χ2v) is 8.03. The molecule has 2 fully saturated rings. The molecule has 2 aliphatic rings. The van der Waals surface area contributed by atoms with E-state index in [0.717, 1.165) is 29.1 Å². The van der Waals surface area contributed by atoms with Crippen molar-refractivity contribution >= 4 is 17.8 Å². The van der Waals surface area contributed by atoms with Gasteiger partial charge in [0, 0.05) is 18.8 Å². The van der Waals surface area contributed by atoms with Gasteiger partial charge in [0.15, 0.2) is 0 Å². The Morgan fingerprint density at radius 2 is 1.96 bits per heavy atom. The van der Waals surface area contributed by atoms with Gasteiger partial charge < -0.3 is 10.6 Å². The third-order valence-electron chi connectivity index (χ3n) is 5.63. The monoisotopic (exact) mass is 375 g/mol. The minimum absolute atomic E-state index is 0.170. The average Bonchev–Trinajstić information content (AvgIpc) is 3.25. The summed E-state index contributed by atoms with van der Waals surface area (Å²) in [6, 6.07) is 0.739. The minimum atomic E-state index is -0.821. The number of imide groups is 1. The summed E-state index contributed by atoms with van der Waals surface area (Å²) in [6.45, 7) is 8.74. The first-order valence-electron chi connectivity index (χ1n) is 9.68. The van der Waals surface area contributed by atoms with Crippen LogP contribution in [0.1, 0.15) is 50.9 Å². The molecular weight excluding hydrogens is 346 g/mol. The third kappa shape index (κ3) is 3.70. The highest BCUT2D eigenvalue weighted by Gasteiger charge is 2.54. The van der Waals surface area contributed by atoms with Crippen LogP contribution < -0.4 is 10.6 Å². The number of nitrogens with one attached hydrogen (secondary N) is 2. The molecule has 0 radical (unpaired) electrons. The number of hydrogen-bond donors (Lipinski definition) is 2. The lowest BCUT2D eigenvalue weighted by atomic mass is 9.97. The highest BCUT2D eigenvalue weighted by molar-refractivity contribution is 6.09. The third-order valence-corrected chi connectivity index (χ3v) is 5.63. The smallest absolute Gasteiger partial charge is 0.325 e. The maximum atomic E-state index is 12.8. The maximum Gasteiger partial charge on any atom is 0.325 e. The number of urea groups is 1. The molecule has 0 bridgehead atoms. The number of carbonyl (C=O) groups is 3. The largest absolute Gasteiger partial charge is 0.354 e. The Morgan fingerprint density at radius 3 is 2.56 bits per heavy atom. The number of aryl methyl sites for hydroxylation is 2. The maximum absolute atomic E-state index is 12.8. The molecule has 148 valence electrons. The van der Waals surface area contributed by atoms with Gasteiger partial charge in [-0.1, -0.05) is 19.8 Å². The summed E-state index contributed by atoms with van der Waals surface area (Å²) in [5.41, 5.74) is 1.27. The van der Waals surface area contributed by atoms with E-state index in [-0.39, 0.29) is 17.7 Å². The van der Waals surface area contributed by atoms with Crippen molar-refractivity contribution in [3.05, 3.63) is 17.5 Å². The molecule has 2 N–H and O–H groups in total. The molecule has 0 aromatic carbocycles. The Balaban J connectivity index is 1.55. The van der Waals surface area contributed by atoms with Gasteiger partial charge in [-0.05, 0) is 45.6 Å². The van der Waals surface area contributed by atoms with Crippen LogP contribution in [-0.4, -0.2) is 50.7 Å². The molecule has 27 heavy (non-hydrogen) atoms. The lowest BCUT2D eigenvalue weighted by molar-refractivity contribution is -0.137. The molecule has 1 saturated heterocycles. The molecule has 2 unspecified atom stereocenters. The summed E-state index contributed by atoms with van der Waals surface area (Å²) in [6.07, 6.45) is 3.15. The van der Waals surface area contributed by atoms with Gasteiger partial charge in [-0.25, -0.2) is 9.69 Å². The van der Waals surface area contributed by atoms with E-state index in [2.05, 4.69) is 15.7 Å². The number of rotatable bonds is 6. The van der Waals surface area contributed by atoms with E-state index in [4.69, 9.17) is 0 Å². The van der Waals surface area contributed by atoms with E-state index in [1.807, 2.05) is 31.5 Å². The molecule has 2 heterocycles. The summed E-state index contributed by atoms with van der Waals surface area (Å²) in [5, 5.41) is 10.1. The van der Waals surface area contributed by atoms with E-state index in [1.165, 1.54) is 0 Å². The van der Waals surface area contributed by atoms with E-state index >= 15 is 0 Å². The first kappa shape index (κ1) is 19.4. The van der Waals surface area contributed by atoms with E-state index in [0.29, 0.717) is 25.9 Å². The normalized spacial score (nSPS) is 20.8. The van der Waals surface area contributed by atoms with Crippen LogP contribution in [0.2, 0.25) is 0 Å². The van der Waals surface area contributed by atoms with Gasteiger partial charge >= 0.3 is 6.03 Å². The fourth-order valence-electron chi connectivity index (χ4n) is 4.07. The number of amides is 4. The number of nitrogens with zero attached hydrogens (tertiary/aromatic N) is 3. The molecule has 8 heteroatoms. The van der Waals surface area contributed by atoms with Crippen LogP contribution in [0.3, 0.4) is 0 Å². The van der Waals surface area contributed by atoms with Crippen molar-refractivity contribution < 1.29 is 14.4 Å². The van der Waals surface area contributed by atoms with Gasteiger partial charge in [0.1, 0.15) is 11.6 Å². The first-order valence-corrected chi connectivity index (χ1v) is 9.68. The Bertz CT molecular complexity index is 751. The van der Waals surface area contributed by atoms with Crippen LogP contribution in [0.25, 0.3) is 0 Å². The summed E-state index contributed by atoms with van der Waals surface area (Å²) in [7, 11) is 0. The van der Waals surface area contributed by atoms with Crippen LogP contribution in [0, 0.1) is 19.8 Å². The molecular formula is C19H29N5O3. The van der Waals surface area contributed by atoms with Gasteiger partial charge in [-0.3, -0.25) is 14.3 Å². The average molecular weight is 375 g/mol. The number of hydrogen-bond acceptors (Lipinski definition) is 4. The Labute approximate surface area is 159 Å². The SMILES string of the molecule is Cc1cc(C)n(CC(C)CNC(=O)C(C)N2C(=O)NC3(CCCC3)C2=O)n1. The summed E-state index contributed by atoms with van der Waals surface area (Å²) in [5.74, 6) is -0.402. The molecule has 1 aliphatic heterocycles. The van der Waals surface area contributed by atoms with Crippen LogP contribution >= 0.6 is 0 Å². The van der Waals surface area contributed by atoms with E-state index < -0.39 is 17.6 Å². The fourth-order valence-corrected chi connectivity index (χ4v) is 4.07. The van der Waals surface area contributed by atoms with Gasteiger partial charge in [0.2, 0.25) is 5.91 Å². The van der Waals surface area contributed by atoms with Gasteiger partial charge in [0.25, 0.3) is 5.91 Å². The molecule has 8 nitrogen and oxygen atoms in total. The minimum Gasteiger partial charge on any atom is -0.354 e. The van der Waals surface area contributed by atoms with Gasteiger partial charge in [-0.15, -0.1) is 0 Å². The van der Waals surface area contributed by atoms with Crippen LogP contribution in [0.5, 0.6) is 0 Å². The Hall–Kier alpha value is -2.38. The zero-order chi connectivity index (χ0) is 19.8. The van der Waals surface area contributed by atoms with Crippen molar-refractivity contribution in [3.63, 3.8) is 0 Å². The van der Waals surface area contributed by atoms with Crippen molar-refractivity contribution in [2.75, 3.05) is 6.54 Å². The molecule has 1 saturated carbocycles. The predicted octanol–water partition coefficient (Wildman–Crippen LogP) is 1.51. The first-order chi connectivity index (χ1) is 12.7. The second kappa shape index (κ2) is 7.32. The lowest BCUT2D eigenvalue weighted by Crippen LogP contribution is -2.50. The van der Waals surface area contributed by atoms with E-state index in [9.17, 15) is 14.4 Å². The van der Waals surface area contributed by atoms with Gasteiger partial charge in [-0.2, -0.15) is 5.10 Å². The van der Waals surface area contributed by atoms with Crippen LogP contribution in [0.15, 0.2) is 6.07 Å². The molecule has 1 spiro atoms. The van der Waals surface area contributed by atoms with Crippen molar-refractivity contribution in [1.29, 1.82) is 0 Å². The summed E-state index contributed by atoms with van der Waals surface area (Å²) >= 11 is 0. The summed E-state index contributed by atoms with van der Waals surface area (Å²) < 4.78 is 1.93. The molecule has 1 aromatic rings. The zero-order valence-corrected chi connectivity index (χ0v) is 16.5. The van der Waals surface area contributed by atoms with Crippen molar-refractivity contribution in [2.24, 2.45) is 5.92 Å². The van der Waals surface area contributed by atoms with Crippen LogP contribution in [0.4, 0.5) is 4.79 Å². The molecule has 1 aliphatic carbocycles. The molecule has 1 aromatic heterocycles. The topological polar surface area (TPSA) is 96.3 Å². The zero-order valence-electron chi connectivity index (χ0n) is 16.5. The predicted molar refractivity (Wildman–Crippen MR) is 99.9 cm³/mol. The molecule has 2 atom stereocenters. The van der Waals surface area contributed by atoms with Crippen molar-refractivity contribution in [2.45, 2.75) is 71.5 Å². The fraction of sp³-hybridized carbons (Fsp3) is 0.684. The highest BCUT2D eigenvalue weighted by atomic mass is 16.2. The van der Waals surface area contributed by atoms with Crippen molar-refractivity contribution in [3.8, 4) is 0 Å². The Kier molecular flexibility index (Phi) is 5.26.